The quantitative estimate of drug-likeness (QED) is 0.421. The van der Waals surface area contributed by atoms with Crippen molar-refractivity contribution >= 4 is 5.97 Å². The van der Waals surface area contributed by atoms with Gasteiger partial charge in [-0.1, -0.05) is 17.7 Å². The lowest BCUT2D eigenvalue weighted by atomic mass is 10.2. The molecule has 87 valence electrons. The Hall–Kier alpha value is -1.39. The monoisotopic (exact) mass is 223 g/mol. The third-order valence-corrected chi connectivity index (χ3v) is 1.87. The molecule has 1 rings (SSSR count). The molecule has 0 atom stereocenters. The molecule has 1 radical (unpaired) electrons. The second-order valence-electron chi connectivity index (χ2n) is 3.16. The van der Waals surface area contributed by atoms with Crippen molar-refractivity contribution < 1.29 is 19.3 Å². The van der Waals surface area contributed by atoms with Crippen LogP contribution in [-0.4, -0.2) is 19.2 Å². The van der Waals surface area contributed by atoms with E-state index in [4.69, 9.17) is 4.74 Å². The van der Waals surface area contributed by atoms with Crippen LogP contribution in [0.1, 0.15) is 22.8 Å². The summed E-state index contributed by atoms with van der Waals surface area (Å²) in [6, 6.07) is 7.04. The van der Waals surface area contributed by atoms with E-state index in [9.17, 15) is 4.79 Å². The lowest BCUT2D eigenvalue weighted by Gasteiger charge is -2.03. The minimum absolute atomic E-state index is 0.289. The van der Waals surface area contributed by atoms with Crippen molar-refractivity contribution in [2.24, 2.45) is 0 Å². The van der Waals surface area contributed by atoms with Crippen LogP contribution in [0, 0.1) is 13.5 Å². The molecule has 1 aromatic carbocycles. The van der Waals surface area contributed by atoms with Crippen LogP contribution in [0.15, 0.2) is 24.3 Å². The Morgan fingerprint density at radius 2 is 2.00 bits per heavy atom. The summed E-state index contributed by atoms with van der Waals surface area (Å²) in [5, 5.41) is 0. The number of aryl methyl sites for hydroxylation is 1. The summed E-state index contributed by atoms with van der Waals surface area (Å²) in [5.41, 5.74) is 1.54. The van der Waals surface area contributed by atoms with Crippen molar-refractivity contribution in [3.63, 3.8) is 0 Å². The fourth-order valence-corrected chi connectivity index (χ4v) is 1.01. The first-order valence-corrected chi connectivity index (χ1v) is 5.07. The smallest absolute Gasteiger partial charge is 0.373 e. The summed E-state index contributed by atoms with van der Waals surface area (Å²) < 4.78 is 4.96. The first-order valence-electron chi connectivity index (χ1n) is 5.07. The summed E-state index contributed by atoms with van der Waals surface area (Å²) in [7, 11) is 0. The van der Waals surface area contributed by atoms with Crippen LogP contribution in [-0.2, 0) is 14.5 Å². The summed E-state index contributed by atoms with van der Waals surface area (Å²) >= 11 is 0. The fourth-order valence-electron chi connectivity index (χ4n) is 1.01. The summed E-state index contributed by atoms with van der Waals surface area (Å²) in [6.07, 6.45) is 0. The van der Waals surface area contributed by atoms with E-state index in [0.717, 1.165) is 5.56 Å². The third-order valence-electron chi connectivity index (χ3n) is 1.87. The SMILES string of the molecule is CCOC[CH]OOC(=O)c1ccc(C)cc1. The van der Waals surface area contributed by atoms with Crippen molar-refractivity contribution in [1.29, 1.82) is 0 Å². The average Bonchev–Trinajstić information content (AvgIpc) is 2.29. The maximum absolute atomic E-state index is 11.4. The molecular weight excluding hydrogens is 208 g/mol. The summed E-state index contributed by atoms with van der Waals surface area (Å²) in [6.45, 7) is 5.98. The number of carbonyl (C=O) groups is 1. The fraction of sp³-hybridized carbons (Fsp3) is 0.333. The highest BCUT2D eigenvalue weighted by molar-refractivity contribution is 5.88. The Bertz CT molecular complexity index is 318. The van der Waals surface area contributed by atoms with Gasteiger partial charge in [0.15, 0.2) is 6.61 Å². The van der Waals surface area contributed by atoms with Crippen molar-refractivity contribution in [2.75, 3.05) is 13.2 Å². The normalized spacial score (nSPS) is 10.1. The highest BCUT2D eigenvalue weighted by atomic mass is 17.2. The van der Waals surface area contributed by atoms with E-state index in [-0.39, 0.29) is 6.61 Å². The topological polar surface area (TPSA) is 44.8 Å². The van der Waals surface area contributed by atoms with Crippen LogP contribution < -0.4 is 0 Å². The van der Waals surface area contributed by atoms with E-state index < -0.39 is 5.97 Å². The predicted molar refractivity (Wildman–Crippen MR) is 58.5 cm³/mol. The molecule has 4 nitrogen and oxygen atoms in total. The van der Waals surface area contributed by atoms with Gasteiger partial charge in [-0.2, -0.15) is 4.89 Å². The van der Waals surface area contributed by atoms with E-state index in [2.05, 4.69) is 9.78 Å². The highest BCUT2D eigenvalue weighted by Gasteiger charge is 2.07. The van der Waals surface area contributed by atoms with Crippen LogP contribution in [0.3, 0.4) is 0 Å². The van der Waals surface area contributed by atoms with Crippen LogP contribution in [0.5, 0.6) is 0 Å². The summed E-state index contributed by atoms with van der Waals surface area (Å²) in [4.78, 5) is 20.5. The van der Waals surface area contributed by atoms with Crippen molar-refractivity contribution in [1.82, 2.24) is 0 Å². The minimum Gasteiger partial charge on any atom is -0.379 e. The van der Waals surface area contributed by atoms with Gasteiger partial charge in [-0.05, 0) is 26.0 Å². The van der Waals surface area contributed by atoms with Gasteiger partial charge in [0.05, 0.1) is 12.2 Å². The Kier molecular flexibility index (Phi) is 5.53. The number of rotatable bonds is 6. The van der Waals surface area contributed by atoms with Gasteiger partial charge in [0.2, 0.25) is 0 Å². The molecule has 0 aromatic heterocycles. The van der Waals surface area contributed by atoms with Gasteiger partial charge < -0.3 is 4.74 Å². The molecule has 0 heterocycles. The van der Waals surface area contributed by atoms with Gasteiger partial charge in [0.25, 0.3) is 0 Å². The molecule has 16 heavy (non-hydrogen) atoms. The standard InChI is InChI=1S/C12H15O4/c1-3-14-8-9-15-16-12(13)11-6-4-10(2)5-7-11/h4-7,9H,3,8H2,1-2H3. The lowest BCUT2D eigenvalue weighted by molar-refractivity contribution is -0.218. The number of carbonyl (C=O) groups excluding carboxylic acids is 1. The molecule has 4 heteroatoms. The maximum Gasteiger partial charge on any atom is 0.373 e. The van der Waals surface area contributed by atoms with E-state index >= 15 is 0 Å². The molecule has 0 fully saturated rings. The predicted octanol–water partition coefficient (Wildman–Crippen LogP) is 2.28. The van der Waals surface area contributed by atoms with E-state index in [1.165, 1.54) is 6.61 Å². The summed E-state index contributed by atoms with van der Waals surface area (Å²) in [5.74, 6) is -0.521. The van der Waals surface area contributed by atoms with E-state index in [1.54, 1.807) is 12.1 Å². The maximum atomic E-state index is 11.4. The lowest BCUT2D eigenvalue weighted by Crippen LogP contribution is -2.07. The zero-order valence-electron chi connectivity index (χ0n) is 9.43. The number of benzene rings is 1. The second-order valence-corrected chi connectivity index (χ2v) is 3.16. The van der Waals surface area contributed by atoms with Crippen molar-refractivity contribution in [2.45, 2.75) is 13.8 Å². The first kappa shape index (κ1) is 12.7. The zero-order valence-corrected chi connectivity index (χ0v) is 9.43. The Balaban J connectivity index is 2.27. The highest BCUT2D eigenvalue weighted by Crippen LogP contribution is 2.05. The second kappa shape index (κ2) is 6.98. The zero-order chi connectivity index (χ0) is 11.8. The van der Waals surface area contributed by atoms with Crippen molar-refractivity contribution in [3.05, 3.63) is 42.0 Å². The molecule has 0 aliphatic rings. The first-order chi connectivity index (χ1) is 7.74. The van der Waals surface area contributed by atoms with Crippen LogP contribution in [0.25, 0.3) is 0 Å². The molecule has 1 aromatic rings. The van der Waals surface area contributed by atoms with Crippen LogP contribution >= 0.6 is 0 Å². The third kappa shape index (κ3) is 4.42. The largest absolute Gasteiger partial charge is 0.379 e. The van der Waals surface area contributed by atoms with E-state index in [0.29, 0.717) is 12.2 Å². The number of hydrogen-bond acceptors (Lipinski definition) is 4. The molecule has 0 saturated carbocycles. The molecule has 0 N–H and O–H groups in total. The van der Waals surface area contributed by atoms with Gasteiger partial charge in [-0.3, -0.25) is 4.89 Å². The number of hydrogen-bond donors (Lipinski definition) is 0. The number of ether oxygens (including phenoxy) is 1. The van der Waals surface area contributed by atoms with Gasteiger partial charge in [0, 0.05) is 6.61 Å². The molecule has 0 unspecified atom stereocenters. The van der Waals surface area contributed by atoms with Crippen LogP contribution in [0.2, 0.25) is 0 Å². The molecule has 0 amide bonds. The van der Waals surface area contributed by atoms with Gasteiger partial charge in [-0.25, -0.2) is 4.79 Å². The molecule has 0 bridgehead atoms. The van der Waals surface area contributed by atoms with Gasteiger partial charge in [0.1, 0.15) is 0 Å². The van der Waals surface area contributed by atoms with Crippen LogP contribution in [0.4, 0.5) is 0 Å². The van der Waals surface area contributed by atoms with Crippen molar-refractivity contribution in [3.8, 4) is 0 Å². The van der Waals surface area contributed by atoms with Gasteiger partial charge in [-0.15, -0.1) is 0 Å². The Labute approximate surface area is 95.1 Å². The Morgan fingerprint density at radius 1 is 1.31 bits per heavy atom. The molecule has 0 aliphatic carbocycles. The minimum atomic E-state index is -0.521. The molecule has 0 aliphatic heterocycles. The average molecular weight is 223 g/mol. The van der Waals surface area contributed by atoms with Gasteiger partial charge >= 0.3 is 5.97 Å². The molecule has 0 spiro atoms. The molecule has 0 saturated heterocycles. The van der Waals surface area contributed by atoms with E-state index in [1.807, 2.05) is 26.0 Å². The molecular formula is C12H15O4. The Morgan fingerprint density at radius 3 is 2.62 bits per heavy atom.